The minimum Gasteiger partial charge on any atom is -0.378 e. The normalized spacial score (nSPS) is 16.9. The smallest absolute Gasteiger partial charge is 0.160 e. The fourth-order valence-electron chi connectivity index (χ4n) is 3.44. The van der Waals surface area contributed by atoms with Crippen molar-refractivity contribution < 1.29 is 5.11 Å². The second kappa shape index (κ2) is 7.59. The van der Waals surface area contributed by atoms with Gasteiger partial charge in [-0.1, -0.05) is 11.8 Å². The van der Waals surface area contributed by atoms with Crippen molar-refractivity contribution >= 4 is 21.6 Å². The molecule has 2 N–H and O–H groups in total. The van der Waals surface area contributed by atoms with Crippen molar-refractivity contribution in [3.8, 4) is 23.2 Å². The maximum atomic E-state index is 10.0. The quantitative estimate of drug-likeness (QED) is 0.669. The summed E-state index contributed by atoms with van der Waals surface area (Å²) in [6.07, 6.45) is 5.63. The molecule has 4 rings (SSSR count). The highest BCUT2D eigenvalue weighted by molar-refractivity contribution is 7.19. The largest absolute Gasteiger partial charge is 0.378 e. The van der Waals surface area contributed by atoms with Gasteiger partial charge in [-0.05, 0) is 64.8 Å². The molecule has 1 aliphatic heterocycles. The molecule has 28 heavy (non-hydrogen) atoms. The van der Waals surface area contributed by atoms with Gasteiger partial charge < -0.3 is 10.4 Å². The highest BCUT2D eigenvalue weighted by Crippen LogP contribution is 2.34. The van der Waals surface area contributed by atoms with Crippen LogP contribution in [0.4, 0.5) is 0 Å². The summed E-state index contributed by atoms with van der Waals surface area (Å²) in [4.78, 5) is 15.0. The zero-order valence-corrected chi connectivity index (χ0v) is 17.2. The lowest BCUT2D eigenvalue weighted by Gasteiger charge is -2.10. The molecule has 0 radical (unpaired) electrons. The molecule has 0 bridgehead atoms. The van der Waals surface area contributed by atoms with Crippen LogP contribution >= 0.6 is 11.3 Å². The number of nitrogens with zero attached hydrogens (tertiary/aromatic N) is 3. The summed E-state index contributed by atoms with van der Waals surface area (Å²) in [6.45, 7) is 7.56. The van der Waals surface area contributed by atoms with Gasteiger partial charge in [0.15, 0.2) is 5.82 Å². The molecule has 1 atom stereocenters. The molecular weight excluding hydrogens is 368 g/mol. The zero-order valence-electron chi connectivity index (χ0n) is 16.4. The van der Waals surface area contributed by atoms with E-state index in [-0.39, 0.29) is 0 Å². The average molecular weight is 393 g/mol. The molecule has 1 fully saturated rings. The van der Waals surface area contributed by atoms with Gasteiger partial charge in [0.1, 0.15) is 11.1 Å². The fraction of sp³-hybridized carbons (Fsp3) is 0.409. The molecule has 0 saturated carbocycles. The van der Waals surface area contributed by atoms with E-state index >= 15 is 0 Å². The van der Waals surface area contributed by atoms with Gasteiger partial charge in [0.2, 0.25) is 0 Å². The molecule has 5 nitrogen and oxygen atoms in total. The first-order chi connectivity index (χ1) is 13.4. The Morgan fingerprint density at radius 3 is 2.75 bits per heavy atom. The van der Waals surface area contributed by atoms with Gasteiger partial charge in [-0.25, -0.2) is 9.97 Å². The van der Waals surface area contributed by atoms with Crippen molar-refractivity contribution in [3.63, 3.8) is 0 Å². The number of pyridine rings is 1. The number of rotatable bonds is 3. The number of thiophene rings is 1. The molecule has 0 unspecified atom stereocenters. The topological polar surface area (TPSA) is 70.9 Å². The molecule has 1 aliphatic rings. The molecule has 0 aliphatic carbocycles. The Morgan fingerprint density at radius 2 is 2.07 bits per heavy atom. The van der Waals surface area contributed by atoms with Crippen LogP contribution < -0.4 is 5.32 Å². The van der Waals surface area contributed by atoms with Crippen LogP contribution in [-0.2, 0) is 6.42 Å². The molecule has 0 spiro atoms. The predicted molar refractivity (Wildman–Crippen MR) is 113 cm³/mol. The Hall–Kier alpha value is -2.33. The first kappa shape index (κ1) is 19.0. The lowest BCUT2D eigenvalue weighted by atomic mass is 10.0. The van der Waals surface area contributed by atoms with Gasteiger partial charge >= 0.3 is 0 Å². The van der Waals surface area contributed by atoms with Crippen LogP contribution in [0.2, 0.25) is 0 Å². The van der Waals surface area contributed by atoms with Crippen LogP contribution in [0, 0.1) is 24.7 Å². The van der Waals surface area contributed by atoms with E-state index in [1.165, 1.54) is 6.42 Å². The predicted octanol–water partition coefficient (Wildman–Crippen LogP) is 3.34. The molecule has 0 amide bonds. The highest BCUT2D eigenvalue weighted by Gasteiger charge is 2.21. The van der Waals surface area contributed by atoms with E-state index in [1.807, 2.05) is 12.1 Å². The Kier molecular flexibility index (Phi) is 5.15. The summed E-state index contributed by atoms with van der Waals surface area (Å²) in [5.41, 5.74) is 2.79. The van der Waals surface area contributed by atoms with E-state index in [0.717, 1.165) is 51.4 Å². The number of aromatic nitrogens is 3. The molecule has 4 heterocycles. The summed E-state index contributed by atoms with van der Waals surface area (Å²) >= 11 is 1.70. The maximum Gasteiger partial charge on any atom is 0.160 e. The zero-order chi connectivity index (χ0) is 19.7. The van der Waals surface area contributed by atoms with Crippen LogP contribution in [0.15, 0.2) is 24.5 Å². The monoisotopic (exact) mass is 392 g/mol. The number of fused-ring (bicyclic) bond motifs is 1. The molecular formula is C22H24N4OS. The van der Waals surface area contributed by atoms with Gasteiger partial charge in [-0.15, -0.1) is 11.3 Å². The molecule has 3 aromatic rings. The van der Waals surface area contributed by atoms with Crippen LogP contribution in [0.5, 0.6) is 0 Å². The Balaban J connectivity index is 1.89. The Bertz CT molecular complexity index is 1050. The summed E-state index contributed by atoms with van der Waals surface area (Å²) in [5, 5.41) is 13.5. The minimum absolute atomic E-state index is 0.594. The standard InChI is InChI=1S/C22H24N4OS/c1-14-17(4-8-22(2,3)27)19-20(28-14)18(12-15-5-9-24-13-15)25-21(26-19)16-6-10-23-11-7-16/h6-7,10-11,15,24,27H,5,9,12-13H2,1-3H3/t15-/m0/s1. The third-order valence-electron chi connectivity index (χ3n) is 4.86. The number of aliphatic hydroxyl groups is 1. The summed E-state index contributed by atoms with van der Waals surface area (Å²) < 4.78 is 1.11. The first-order valence-corrected chi connectivity index (χ1v) is 10.4. The fourth-order valence-corrected chi connectivity index (χ4v) is 4.48. The van der Waals surface area contributed by atoms with Crippen molar-refractivity contribution in [1.29, 1.82) is 0 Å². The molecule has 1 saturated heterocycles. The second-order valence-electron chi connectivity index (χ2n) is 7.81. The Morgan fingerprint density at radius 1 is 1.29 bits per heavy atom. The SMILES string of the molecule is Cc1sc2c(C[C@@H]3CCNC3)nc(-c3ccncc3)nc2c1C#CC(C)(C)O. The lowest BCUT2D eigenvalue weighted by Crippen LogP contribution is -2.14. The second-order valence-corrected chi connectivity index (χ2v) is 9.04. The summed E-state index contributed by atoms with van der Waals surface area (Å²) in [5.74, 6) is 7.41. The van der Waals surface area contributed by atoms with Crippen LogP contribution in [0.1, 0.15) is 36.4 Å². The van der Waals surface area contributed by atoms with E-state index in [0.29, 0.717) is 11.7 Å². The summed E-state index contributed by atoms with van der Waals surface area (Å²) in [6, 6.07) is 3.87. The first-order valence-electron chi connectivity index (χ1n) is 9.57. The van der Waals surface area contributed by atoms with Crippen molar-refractivity contribution in [3.05, 3.63) is 40.7 Å². The molecule has 3 aromatic heterocycles. The van der Waals surface area contributed by atoms with E-state index < -0.39 is 5.60 Å². The number of aryl methyl sites for hydroxylation is 1. The maximum absolute atomic E-state index is 10.0. The lowest BCUT2D eigenvalue weighted by molar-refractivity contribution is 0.143. The minimum atomic E-state index is -1.04. The van der Waals surface area contributed by atoms with E-state index in [1.54, 1.807) is 37.6 Å². The number of hydrogen-bond acceptors (Lipinski definition) is 6. The van der Waals surface area contributed by atoms with Crippen LogP contribution in [0.25, 0.3) is 21.6 Å². The molecule has 0 aromatic carbocycles. The van der Waals surface area contributed by atoms with Crippen LogP contribution in [-0.4, -0.2) is 38.7 Å². The van der Waals surface area contributed by atoms with Gasteiger partial charge in [-0.3, -0.25) is 4.98 Å². The van der Waals surface area contributed by atoms with Crippen molar-refractivity contribution in [2.24, 2.45) is 5.92 Å². The van der Waals surface area contributed by atoms with Crippen LogP contribution in [0.3, 0.4) is 0 Å². The third kappa shape index (κ3) is 4.07. The summed E-state index contributed by atoms with van der Waals surface area (Å²) in [7, 11) is 0. The Labute approximate surface area is 169 Å². The van der Waals surface area contributed by atoms with Crippen molar-refractivity contribution in [2.75, 3.05) is 13.1 Å². The van der Waals surface area contributed by atoms with Crippen molar-refractivity contribution in [1.82, 2.24) is 20.3 Å². The van der Waals surface area contributed by atoms with E-state index in [9.17, 15) is 5.11 Å². The van der Waals surface area contributed by atoms with Gasteiger partial charge in [0.25, 0.3) is 0 Å². The number of hydrogen-bond donors (Lipinski definition) is 2. The van der Waals surface area contributed by atoms with Gasteiger partial charge in [0, 0.05) is 22.8 Å². The van der Waals surface area contributed by atoms with Crippen molar-refractivity contribution in [2.45, 2.75) is 39.2 Å². The van der Waals surface area contributed by atoms with E-state index in [2.05, 4.69) is 29.1 Å². The van der Waals surface area contributed by atoms with Gasteiger partial charge in [-0.2, -0.15) is 0 Å². The van der Waals surface area contributed by atoms with Gasteiger partial charge in [0.05, 0.1) is 16.0 Å². The molecule has 144 valence electrons. The molecule has 6 heteroatoms. The van der Waals surface area contributed by atoms with E-state index in [4.69, 9.17) is 9.97 Å². The third-order valence-corrected chi connectivity index (χ3v) is 6.00. The highest BCUT2D eigenvalue weighted by atomic mass is 32.1. The average Bonchev–Trinajstić information content (AvgIpc) is 3.27. The number of nitrogens with one attached hydrogen (secondary N) is 1.